The van der Waals surface area contributed by atoms with Gasteiger partial charge < -0.3 is 29.5 Å². The Hall–Kier alpha value is -4.04. The van der Waals surface area contributed by atoms with E-state index in [0.717, 1.165) is 0 Å². The van der Waals surface area contributed by atoms with E-state index in [1.54, 1.807) is 15.5 Å². The molecule has 4 amide bonds. The fourth-order valence-corrected chi connectivity index (χ4v) is 5.48. The van der Waals surface area contributed by atoms with Crippen LogP contribution in [0.4, 0.5) is 4.79 Å². The maximum absolute atomic E-state index is 14.1. The van der Waals surface area contributed by atoms with E-state index in [1.807, 2.05) is 32.0 Å². The van der Waals surface area contributed by atoms with Crippen LogP contribution in [0.25, 0.3) is 11.0 Å². The monoisotopic (exact) mass is 585 g/mol. The number of amides is 4. The molecule has 0 radical (unpaired) electrons. The highest BCUT2D eigenvalue weighted by Gasteiger charge is 2.39. The van der Waals surface area contributed by atoms with E-state index in [4.69, 9.17) is 4.74 Å². The van der Waals surface area contributed by atoms with Gasteiger partial charge in [-0.3, -0.25) is 30.0 Å². The maximum Gasteiger partial charge on any atom is 0.407 e. The van der Waals surface area contributed by atoms with Gasteiger partial charge in [0.2, 0.25) is 23.5 Å². The van der Waals surface area contributed by atoms with Gasteiger partial charge in [-0.2, -0.15) is 0 Å². The van der Waals surface area contributed by atoms with Crippen LogP contribution in [-0.2, 0) is 25.7 Å². The second-order valence-electron chi connectivity index (χ2n) is 11.1. The molecule has 3 atom stereocenters. The molecule has 2 saturated heterocycles. The molecule has 0 spiro atoms. The fraction of sp³-hybridized carbons (Fsp3) is 0.571. The number of morpholine rings is 1. The lowest BCUT2D eigenvalue weighted by Gasteiger charge is -2.40. The van der Waals surface area contributed by atoms with Crippen LogP contribution in [0.5, 0.6) is 0 Å². The molecule has 0 aliphatic carbocycles. The smallest absolute Gasteiger partial charge is 0.407 e. The molecule has 2 fully saturated rings. The molecule has 14 nitrogen and oxygen atoms in total. The molecule has 4 rings (SSSR count). The lowest BCUT2D eigenvalue weighted by molar-refractivity contribution is -0.141. The summed E-state index contributed by atoms with van der Waals surface area (Å²) in [6, 6.07) is 6.05. The maximum atomic E-state index is 14.1. The van der Waals surface area contributed by atoms with Crippen molar-refractivity contribution in [2.75, 3.05) is 39.4 Å². The standard InChI is InChI=1S/C28H39N7O7/c1-17(2)24(29-20-14-19(15-34(16-20)28(40)41)27(39)33-10-12-42-13-11-33)25(38)26-30-21-6-4-5-7-22(21)35(26)9-8-23(37)32-31-18(3)36/h4-7,17,19-20,24,29H,8-16H2,1-3H3,(H,31,36)(H,32,37)(H,40,41)/t19-,20+,24?/m1/s1. The number of piperidine rings is 1. The van der Waals surface area contributed by atoms with Crippen LogP contribution in [-0.4, -0.2) is 106 Å². The van der Waals surface area contributed by atoms with Crippen molar-refractivity contribution >= 4 is 40.6 Å². The number of likely N-dealkylation sites (tertiary alicyclic amines) is 1. The SMILES string of the molecule is CC(=O)NNC(=O)CCn1c(C(=O)C(N[C@H]2C[C@@H](C(=O)N3CCOCC3)CN(C(=O)O)C2)C(C)C)nc2ccccc21. The van der Waals surface area contributed by atoms with Crippen molar-refractivity contribution in [1.29, 1.82) is 0 Å². The van der Waals surface area contributed by atoms with Gasteiger partial charge in [-0.25, -0.2) is 9.78 Å². The molecule has 0 bridgehead atoms. The molecule has 1 aromatic carbocycles. The third-order valence-corrected chi connectivity index (χ3v) is 7.57. The lowest BCUT2D eigenvalue weighted by Crippen LogP contribution is -2.58. The third kappa shape index (κ3) is 7.42. The first-order valence-corrected chi connectivity index (χ1v) is 14.2. The second kappa shape index (κ2) is 13.7. The number of carbonyl (C=O) groups excluding carboxylic acids is 4. The highest BCUT2D eigenvalue weighted by atomic mass is 16.5. The van der Waals surface area contributed by atoms with E-state index in [2.05, 4.69) is 21.2 Å². The zero-order chi connectivity index (χ0) is 30.4. The van der Waals surface area contributed by atoms with Crippen LogP contribution in [0.3, 0.4) is 0 Å². The Morgan fingerprint density at radius 3 is 2.43 bits per heavy atom. The van der Waals surface area contributed by atoms with E-state index >= 15 is 0 Å². The summed E-state index contributed by atoms with van der Waals surface area (Å²) >= 11 is 0. The number of nitrogens with zero attached hydrogens (tertiary/aromatic N) is 4. The predicted octanol–water partition coefficient (Wildman–Crippen LogP) is 0.618. The molecule has 1 unspecified atom stereocenters. The van der Waals surface area contributed by atoms with Gasteiger partial charge in [0.15, 0.2) is 5.82 Å². The molecule has 4 N–H and O–H groups in total. The van der Waals surface area contributed by atoms with Crippen molar-refractivity contribution in [1.82, 2.24) is 35.5 Å². The summed E-state index contributed by atoms with van der Waals surface area (Å²) < 4.78 is 7.05. The molecule has 3 heterocycles. The van der Waals surface area contributed by atoms with Crippen LogP contribution < -0.4 is 16.2 Å². The van der Waals surface area contributed by atoms with Gasteiger partial charge in [-0.15, -0.1) is 0 Å². The molecule has 0 saturated carbocycles. The fourth-order valence-electron chi connectivity index (χ4n) is 5.48. The average molecular weight is 586 g/mol. The van der Waals surface area contributed by atoms with E-state index in [0.29, 0.717) is 43.8 Å². The van der Waals surface area contributed by atoms with Gasteiger partial charge in [0.1, 0.15) is 0 Å². The Kier molecular flexibility index (Phi) is 10.1. The molecule has 228 valence electrons. The van der Waals surface area contributed by atoms with Crippen molar-refractivity contribution in [2.45, 2.75) is 52.2 Å². The topological polar surface area (TPSA) is 175 Å². The van der Waals surface area contributed by atoms with Crippen LogP contribution in [0, 0.1) is 11.8 Å². The first kappa shape index (κ1) is 30.9. The minimum atomic E-state index is -1.12. The van der Waals surface area contributed by atoms with Crippen molar-refractivity contribution in [3.8, 4) is 0 Å². The third-order valence-electron chi connectivity index (χ3n) is 7.57. The molecule has 2 aliphatic rings. The Bertz CT molecular complexity index is 1320. The summed E-state index contributed by atoms with van der Waals surface area (Å²) in [5, 5.41) is 13.2. The van der Waals surface area contributed by atoms with Gasteiger partial charge in [-0.05, 0) is 24.5 Å². The van der Waals surface area contributed by atoms with E-state index < -0.39 is 35.9 Å². The second-order valence-corrected chi connectivity index (χ2v) is 11.1. The van der Waals surface area contributed by atoms with Gasteiger partial charge in [0.25, 0.3) is 0 Å². The first-order chi connectivity index (χ1) is 20.0. The number of nitrogens with one attached hydrogen (secondary N) is 3. The van der Waals surface area contributed by atoms with Crippen molar-refractivity contribution in [3.63, 3.8) is 0 Å². The number of hydrogen-bond donors (Lipinski definition) is 4. The number of carboxylic acid groups (broad SMARTS) is 1. The minimum Gasteiger partial charge on any atom is -0.465 e. The zero-order valence-corrected chi connectivity index (χ0v) is 24.2. The molecule has 14 heteroatoms. The Morgan fingerprint density at radius 1 is 1.05 bits per heavy atom. The molecular weight excluding hydrogens is 546 g/mol. The summed E-state index contributed by atoms with van der Waals surface area (Å²) in [7, 11) is 0. The van der Waals surface area contributed by atoms with Gasteiger partial charge in [0.05, 0.1) is 36.2 Å². The van der Waals surface area contributed by atoms with E-state index in [-0.39, 0.29) is 49.5 Å². The quantitative estimate of drug-likeness (QED) is 0.243. The van der Waals surface area contributed by atoms with E-state index in [1.165, 1.54) is 11.8 Å². The molecular formula is C28H39N7O7. The summed E-state index contributed by atoms with van der Waals surface area (Å²) in [4.78, 5) is 70.3. The van der Waals surface area contributed by atoms with E-state index in [9.17, 15) is 29.1 Å². The highest BCUT2D eigenvalue weighted by Crippen LogP contribution is 2.24. The number of Topliss-reactive ketones (excluding diaryl/α,β-unsaturated/α-hetero) is 1. The number of carbonyl (C=O) groups is 5. The molecule has 1 aromatic heterocycles. The number of aryl methyl sites for hydroxylation is 1. The van der Waals surface area contributed by atoms with Crippen LogP contribution in [0.1, 0.15) is 44.2 Å². The number of hydrogen-bond acceptors (Lipinski definition) is 8. The molecule has 2 aliphatic heterocycles. The number of ether oxygens (including phenoxy) is 1. The number of fused-ring (bicyclic) bond motifs is 1. The Labute approximate surface area is 243 Å². The van der Waals surface area contributed by atoms with Crippen molar-refractivity contribution in [3.05, 3.63) is 30.1 Å². The van der Waals surface area contributed by atoms with Crippen LogP contribution in [0.2, 0.25) is 0 Å². The zero-order valence-electron chi connectivity index (χ0n) is 24.2. The predicted molar refractivity (Wildman–Crippen MR) is 151 cm³/mol. The number of aromatic nitrogens is 2. The largest absolute Gasteiger partial charge is 0.465 e. The van der Waals surface area contributed by atoms with Gasteiger partial charge in [0, 0.05) is 52.1 Å². The normalized spacial score (nSPS) is 19.9. The summed E-state index contributed by atoms with van der Waals surface area (Å²) in [5.74, 6) is -1.80. The number of hydrazine groups is 1. The summed E-state index contributed by atoms with van der Waals surface area (Å²) in [5.41, 5.74) is 5.86. The van der Waals surface area contributed by atoms with Gasteiger partial charge in [-0.1, -0.05) is 26.0 Å². The first-order valence-electron chi connectivity index (χ1n) is 14.2. The number of benzene rings is 1. The van der Waals surface area contributed by atoms with Crippen molar-refractivity contribution < 1.29 is 33.8 Å². The molecule has 2 aromatic rings. The summed E-state index contributed by atoms with van der Waals surface area (Å²) in [6.07, 6.45) is -0.744. The van der Waals surface area contributed by atoms with Crippen LogP contribution >= 0.6 is 0 Å². The lowest BCUT2D eigenvalue weighted by atomic mass is 9.90. The average Bonchev–Trinajstić information content (AvgIpc) is 3.35. The number of imidazole rings is 1. The Morgan fingerprint density at radius 2 is 1.76 bits per heavy atom. The highest BCUT2D eigenvalue weighted by molar-refractivity contribution is 6.00. The van der Waals surface area contributed by atoms with Gasteiger partial charge >= 0.3 is 6.09 Å². The Balaban J connectivity index is 1.55. The number of ketones is 1. The number of rotatable bonds is 9. The number of para-hydroxylation sites is 2. The summed E-state index contributed by atoms with van der Waals surface area (Å²) in [6.45, 7) is 7.25. The molecule has 42 heavy (non-hydrogen) atoms. The minimum absolute atomic E-state index is 0.0117. The van der Waals surface area contributed by atoms with Crippen LogP contribution in [0.15, 0.2) is 24.3 Å². The van der Waals surface area contributed by atoms with Crippen molar-refractivity contribution in [2.24, 2.45) is 11.8 Å².